The van der Waals surface area contributed by atoms with Crippen LogP contribution in [0.5, 0.6) is 0 Å². The Morgan fingerprint density at radius 3 is 2.84 bits per heavy atom. The molecule has 132 valence electrons. The van der Waals surface area contributed by atoms with E-state index >= 15 is 0 Å². The van der Waals surface area contributed by atoms with Crippen molar-refractivity contribution in [1.82, 2.24) is 19.4 Å². The Morgan fingerprint density at radius 2 is 2.12 bits per heavy atom. The molecular weight excluding hydrogens is 314 g/mol. The number of likely N-dealkylation sites (tertiary alicyclic amines) is 1. The number of urea groups is 1. The Kier molecular flexibility index (Phi) is 4.42. The number of piperidine rings is 1. The number of carbonyl (C=O) groups is 1. The van der Waals surface area contributed by atoms with Crippen molar-refractivity contribution >= 4 is 11.8 Å². The largest absolute Gasteiger partial charge is 0.333 e. The van der Waals surface area contributed by atoms with Crippen molar-refractivity contribution in [3.8, 4) is 0 Å². The standard InChI is InChI=1S/C19H25N5O/c1-2-23-12-10-20-18(23)16-5-3-4-11-24(16)19(25)22-17-9-8-15(13-21-17)14-6-7-14/h8-10,12-14,16H,2-7,11H2,1H3,(H,21,22,25). The first-order valence-electron chi connectivity index (χ1n) is 9.31. The molecule has 1 atom stereocenters. The maximum absolute atomic E-state index is 12.8. The Bertz CT molecular complexity index is 735. The smallest absolute Gasteiger partial charge is 0.323 e. The number of anilines is 1. The van der Waals surface area contributed by atoms with Gasteiger partial charge in [0.15, 0.2) is 0 Å². The van der Waals surface area contributed by atoms with E-state index in [1.165, 1.54) is 18.4 Å². The number of amides is 2. The van der Waals surface area contributed by atoms with Crippen LogP contribution >= 0.6 is 0 Å². The molecule has 2 aliphatic rings. The molecule has 6 heteroatoms. The van der Waals surface area contributed by atoms with E-state index in [1.807, 2.05) is 29.6 Å². The number of hydrogen-bond donors (Lipinski definition) is 1. The van der Waals surface area contributed by atoms with E-state index in [0.29, 0.717) is 11.7 Å². The maximum atomic E-state index is 12.8. The number of aryl methyl sites for hydroxylation is 1. The summed E-state index contributed by atoms with van der Waals surface area (Å²) in [6, 6.07) is 3.95. The Hall–Kier alpha value is -2.37. The molecule has 2 aromatic rings. The molecule has 25 heavy (non-hydrogen) atoms. The van der Waals surface area contributed by atoms with Gasteiger partial charge < -0.3 is 9.47 Å². The first kappa shape index (κ1) is 16.1. The van der Waals surface area contributed by atoms with Gasteiger partial charge in [-0.1, -0.05) is 6.07 Å². The Balaban J connectivity index is 1.48. The number of hydrogen-bond acceptors (Lipinski definition) is 3. The van der Waals surface area contributed by atoms with E-state index < -0.39 is 0 Å². The lowest BCUT2D eigenvalue weighted by Crippen LogP contribution is -2.42. The molecule has 0 bridgehead atoms. The van der Waals surface area contributed by atoms with Gasteiger partial charge in [-0.15, -0.1) is 0 Å². The molecule has 1 aliphatic carbocycles. The van der Waals surface area contributed by atoms with E-state index in [2.05, 4.69) is 32.8 Å². The molecule has 0 radical (unpaired) electrons. The summed E-state index contributed by atoms with van der Waals surface area (Å²) in [6.07, 6.45) is 11.3. The fourth-order valence-electron chi connectivity index (χ4n) is 3.65. The van der Waals surface area contributed by atoms with Crippen LogP contribution < -0.4 is 5.32 Å². The third-order valence-electron chi connectivity index (χ3n) is 5.22. The third kappa shape index (κ3) is 3.38. The van der Waals surface area contributed by atoms with Gasteiger partial charge >= 0.3 is 6.03 Å². The van der Waals surface area contributed by atoms with Crippen molar-refractivity contribution in [2.45, 2.75) is 57.5 Å². The van der Waals surface area contributed by atoms with Crippen molar-refractivity contribution in [1.29, 1.82) is 0 Å². The van der Waals surface area contributed by atoms with Gasteiger partial charge in [0, 0.05) is 31.7 Å². The SMILES string of the molecule is CCn1ccnc1C1CCCCN1C(=O)Nc1ccc(C2CC2)cn1. The summed E-state index contributed by atoms with van der Waals surface area (Å²) in [7, 11) is 0. The molecule has 1 aliphatic heterocycles. The normalized spacial score (nSPS) is 20.5. The molecule has 3 heterocycles. The van der Waals surface area contributed by atoms with Gasteiger partial charge in [0.05, 0.1) is 6.04 Å². The highest BCUT2D eigenvalue weighted by Gasteiger charge is 2.31. The second-order valence-corrected chi connectivity index (χ2v) is 6.96. The molecule has 1 N–H and O–H groups in total. The summed E-state index contributed by atoms with van der Waals surface area (Å²) in [5, 5.41) is 2.97. The van der Waals surface area contributed by atoms with Gasteiger partial charge in [0.1, 0.15) is 11.6 Å². The highest BCUT2D eigenvalue weighted by molar-refractivity contribution is 5.88. The van der Waals surface area contributed by atoms with Crippen molar-refractivity contribution < 1.29 is 4.79 Å². The lowest BCUT2D eigenvalue weighted by molar-refractivity contribution is 0.157. The number of rotatable bonds is 4. The van der Waals surface area contributed by atoms with Crippen LogP contribution in [0.3, 0.4) is 0 Å². The number of carbonyl (C=O) groups excluding carboxylic acids is 1. The first-order valence-corrected chi connectivity index (χ1v) is 9.31. The van der Waals surface area contributed by atoms with Crippen LogP contribution in [0.2, 0.25) is 0 Å². The molecule has 0 spiro atoms. The number of nitrogens with zero attached hydrogens (tertiary/aromatic N) is 4. The van der Waals surface area contributed by atoms with Crippen LogP contribution in [-0.2, 0) is 6.54 Å². The van der Waals surface area contributed by atoms with Crippen LogP contribution in [0, 0.1) is 0 Å². The van der Waals surface area contributed by atoms with Gasteiger partial charge in [-0.25, -0.2) is 14.8 Å². The lowest BCUT2D eigenvalue weighted by atomic mass is 10.0. The number of pyridine rings is 1. The molecular formula is C19H25N5O. The minimum Gasteiger partial charge on any atom is -0.333 e. The van der Waals surface area contributed by atoms with Crippen LogP contribution in [0.25, 0.3) is 0 Å². The first-order chi connectivity index (χ1) is 12.3. The minimum absolute atomic E-state index is 0.0365. The maximum Gasteiger partial charge on any atom is 0.323 e. The third-order valence-corrected chi connectivity index (χ3v) is 5.22. The molecule has 0 aromatic carbocycles. The molecule has 6 nitrogen and oxygen atoms in total. The molecule has 1 unspecified atom stereocenters. The topological polar surface area (TPSA) is 63.1 Å². The van der Waals surface area contributed by atoms with E-state index in [9.17, 15) is 4.79 Å². The van der Waals surface area contributed by atoms with E-state index in [4.69, 9.17) is 0 Å². The average Bonchev–Trinajstić information content (AvgIpc) is 3.39. The van der Waals surface area contributed by atoms with Crippen molar-refractivity contribution in [3.05, 3.63) is 42.1 Å². The minimum atomic E-state index is -0.0815. The number of nitrogens with one attached hydrogen (secondary N) is 1. The second kappa shape index (κ2) is 6.86. The summed E-state index contributed by atoms with van der Waals surface area (Å²) in [4.78, 5) is 23.7. The fraction of sp³-hybridized carbons (Fsp3) is 0.526. The zero-order valence-corrected chi connectivity index (χ0v) is 14.7. The van der Waals surface area contributed by atoms with E-state index in [0.717, 1.165) is 38.2 Å². The van der Waals surface area contributed by atoms with E-state index in [1.54, 1.807) is 0 Å². The van der Waals surface area contributed by atoms with Crippen LogP contribution in [0.15, 0.2) is 30.7 Å². The summed E-state index contributed by atoms with van der Waals surface area (Å²) in [5.74, 6) is 2.28. The van der Waals surface area contributed by atoms with Gasteiger partial charge in [-0.3, -0.25) is 5.32 Å². The number of imidazole rings is 1. The van der Waals surface area contributed by atoms with Gasteiger partial charge in [-0.05, 0) is 56.6 Å². The highest BCUT2D eigenvalue weighted by atomic mass is 16.2. The molecule has 2 fully saturated rings. The molecule has 4 rings (SSSR count). The van der Waals surface area contributed by atoms with Gasteiger partial charge in [-0.2, -0.15) is 0 Å². The zero-order chi connectivity index (χ0) is 17.2. The monoisotopic (exact) mass is 339 g/mol. The summed E-state index contributed by atoms with van der Waals surface area (Å²) in [5.41, 5.74) is 1.28. The van der Waals surface area contributed by atoms with Crippen molar-refractivity contribution in [2.24, 2.45) is 0 Å². The Morgan fingerprint density at radius 1 is 1.24 bits per heavy atom. The average molecular weight is 339 g/mol. The second-order valence-electron chi connectivity index (χ2n) is 6.96. The molecule has 2 aromatic heterocycles. The highest BCUT2D eigenvalue weighted by Crippen LogP contribution is 2.39. The van der Waals surface area contributed by atoms with Crippen LogP contribution in [0.4, 0.5) is 10.6 Å². The number of aromatic nitrogens is 3. The van der Waals surface area contributed by atoms with E-state index in [-0.39, 0.29) is 12.1 Å². The predicted molar refractivity (Wildman–Crippen MR) is 96.4 cm³/mol. The predicted octanol–water partition coefficient (Wildman–Crippen LogP) is 3.93. The van der Waals surface area contributed by atoms with Gasteiger partial charge in [0.2, 0.25) is 0 Å². The molecule has 1 saturated carbocycles. The summed E-state index contributed by atoms with van der Waals surface area (Å²) in [6.45, 7) is 3.72. The fourth-order valence-corrected chi connectivity index (χ4v) is 3.65. The van der Waals surface area contributed by atoms with Crippen LogP contribution in [0.1, 0.15) is 62.4 Å². The quantitative estimate of drug-likeness (QED) is 0.918. The molecule has 1 saturated heterocycles. The summed E-state index contributed by atoms with van der Waals surface area (Å²) >= 11 is 0. The zero-order valence-electron chi connectivity index (χ0n) is 14.7. The van der Waals surface area contributed by atoms with Crippen LogP contribution in [-0.4, -0.2) is 32.0 Å². The Labute approximate surface area is 148 Å². The summed E-state index contributed by atoms with van der Waals surface area (Å²) < 4.78 is 2.12. The molecule has 2 amide bonds. The van der Waals surface area contributed by atoms with Gasteiger partial charge in [0.25, 0.3) is 0 Å². The lowest BCUT2D eigenvalue weighted by Gasteiger charge is -2.35. The van der Waals surface area contributed by atoms with Crippen molar-refractivity contribution in [2.75, 3.05) is 11.9 Å². The van der Waals surface area contributed by atoms with Crippen molar-refractivity contribution in [3.63, 3.8) is 0 Å².